The van der Waals surface area contributed by atoms with Crippen LogP contribution in [0.2, 0.25) is 0 Å². The van der Waals surface area contributed by atoms with Crippen LogP contribution in [-0.4, -0.2) is 21.9 Å². The van der Waals surface area contributed by atoms with Gasteiger partial charge in [-0.25, -0.2) is 9.97 Å². The number of nitrogens with one attached hydrogen (secondary N) is 1. The molecule has 1 aliphatic rings. The first kappa shape index (κ1) is 13.0. The zero-order valence-corrected chi connectivity index (χ0v) is 11.9. The third-order valence-electron chi connectivity index (χ3n) is 3.66. The van der Waals surface area contributed by atoms with Crippen molar-refractivity contribution >= 4 is 16.9 Å². The van der Waals surface area contributed by atoms with E-state index in [0.717, 1.165) is 48.1 Å². The first-order valence-electron chi connectivity index (χ1n) is 7.31. The molecule has 0 radical (unpaired) electrons. The first-order chi connectivity index (χ1) is 9.71. The molecule has 104 valence electrons. The smallest absolute Gasteiger partial charge is 0.251 e. The highest BCUT2D eigenvalue weighted by molar-refractivity contribution is 5.97. The third-order valence-corrected chi connectivity index (χ3v) is 3.66. The van der Waals surface area contributed by atoms with E-state index in [1.165, 1.54) is 0 Å². The van der Waals surface area contributed by atoms with E-state index in [1.807, 2.05) is 18.2 Å². The minimum absolute atomic E-state index is 0.00573. The summed E-state index contributed by atoms with van der Waals surface area (Å²) < 4.78 is 0. The van der Waals surface area contributed by atoms with Gasteiger partial charge in [0.25, 0.3) is 5.91 Å². The number of amides is 1. The van der Waals surface area contributed by atoms with Gasteiger partial charge in [0.15, 0.2) is 0 Å². The van der Waals surface area contributed by atoms with Gasteiger partial charge < -0.3 is 5.32 Å². The van der Waals surface area contributed by atoms with Crippen LogP contribution in [0, 0.1) is 0 Å². The van der Waals surface area contributed by atoms with Crippen molar-refractivity contribution in [3.8, 4) is 0 Å². The van der Waals surface area contributed by atoms with Crippen LogP contribution in [0.5, 0.6) is 0 Å². The van der Waals surface area contributed by atoms with Crippen LogP contribution in [0.25, 0.3) is 11.0 Å². The molecule has 1 aliphatic carbocycles. The first-order valence-corrected chi connectivity index (χ1v) is 7.31. The zero-order chi connectivity index (χ0) is 14.1. The van der Waals surface area contributed by atoms with Crippen molar-refractivity contribution in [1.82, 2.24) is 15.3 Å². The molecule has 1 fully saturated rings. The summed E-state index contributed by atoms with van der Waals surface area (Å²) in [4.78, 5) is 21.4. The third kappa shape index (κ3) is 2.50. The van der Waals surface area contributed by atoms with E-state index >= 15 is 0 Å². The zero-order valence-electron chi connectivity index (χ0n) is 11.9. The maximum atomic E-state index is 12.1. The Hall–Kier alpha value is -1.97. The van der Waals surface area contributed by atoms with Crippen molar-refractivity contribution < 1.29 is 4.79 Å². The van der Waals surface area contributed by atoms with Gasteiger partial charge in [0.1, 0.15) is 0 Å². The van der Waals surface area contributed by atoms with Gasteiger partial charge in [-0.15, -0.1) is 0 Å². The molecule has 4 heteroatoms. The fraction of sp³-hybridized carbons (Fsp3) is 0.438. The van der Waals surface area contributed by atoms with Crippen molar-refractivity contribution in [2.24, 2.45) is 0 Å². The van der Waals surface area contributed by atoms with Gasteiger partial charge in [-0.3, -0.25) is 4.79 Å². The molecule has 4 nitrogen and oxygen atoms in total. The molecule has 1 saturated carbocycles. The van der Waals surface area contributed by atoms with Crippen LogP contribution in [0.4, 0.5) is 0 Å². The van der Waals surface area contributed by atoms with Gasteiger partial charge in [-0.05, 0) is 43.9 Å². The Morgan fingerprint density at radius 1 is 1.15 bits per heavy atom. The fourth-order valence-corrected chi connectivity index (χ4v) is 2.33. The maximum absolute atomic E-state index is 12.1. The minimum Gasteiger partial charge on any atom is -0.349 e. The lowest BCUT2D eigenvalue weighted by atomic mass is 10.1. The standard InChI is InChI=1S/C16H19N3O/c1-3-12-13(4-2)19-15-9-10(5-8-14(15)18-12)16(20)17-11-6-7-11/h5,8-9,11H,3-4,6-7H2,1-2H3,(H,17,20). The lowest BCUT2D eigenvalue weighted by Gasteiger charge is -2.08. The van der Waals surface area contributed by atoms with E-state index < -0.39 is 0 Å². The van der Waals surface area contributed by atoms with E-state index in [1.54, 1.807) is 0 Å². The number of rotatable bonds is 4. The molecule has 1 amide bonds. The van der Waals surface area contributed by atoms with E-state index in [9.17, 15) is 4.79 Å². The van der Waals surface area contributed by atoms with E-state index in [2.05, 4.69) is 29.1 Å². The van der Waals surface area contributed by atoms with Crippen molar-refractivity contribution in [2.75, 3.05) is 0 Å². The molecule has 1 aromatic carbocycles. The summed E-state index contributed by atoms with van der Waals surface area (Å²) in [5.74, 6) is -0.00573. The lowest BCUT2D eigenvalue weighted by Crippen LogP contribution is -2.25. The molecule has 0 spiro atoms. The minimum atomic E-state index is -0.00573. The Balaban J connectivity index is 1.98. The Morgan fingerprint density at radius 3 is 2.40 bits per heavy atom. The summed E-state index contributed by atoms with van der Waals surface area (Å²) in [5.41, 5.74) is 4.42. The molecule has 1 heterocycles. The van der Waals surface area contributed by atoms with Crippen LogP contribution in [0.15, 0.2) is 18.2 Å². The number of hydrogen-bond acceptors (Lipinski definition) is 3. The predicted molar refractivity (Wildman–Crippen MR) is 78.8 cm³/mol. The molecule has 0 bridgehead atoms. The molecule has 20 heavy (non-hydrogen) atoms. The Kier molecular flexibility index (Phi) is 3.38. The summed E-state index contributed by atoms with van der Waals surface area (Å²) >= 11 is 0. The Labute approximate surface area is 118 Å². The van der Waals surface area contributed by atoms with Crippen molar-refractivity contribution in [1.29, 1.82) is 0 Å². The van der Waals surface area contributed by atoms with Crippen molar-refractivity contribution in [2.45, 2.75) is 45.6 Å². The Bertz CT molecular complexity index is 662. The van der Waals surface area contributed by atoms with Gasteiger partial charge >= 0.3 is 0 Å². The molecular weight excluding hydrogens is 250 g/mol. The second-order valence-corrected chi connectivity index (χ2v) is 5.28. The number of nitrogens with zero attached hydrogens (tertiary/aromatic N) is 2. The van der Waals surface area contributed by atoms with Gasteiger partial charge in [-0.2, -0.15) is 0 Å². The van der Waals surface area contributed by atoms with Crippen LogP contribution >= 0.6 is 0 Å². The van der Waals surface area contributed by atoms with Crippen LogP contribution < -0.4 is 5.32 Å². The summed E-state index contributed by atoms with van der Waals surface area (Å²) in [5, 5.41) is 3.00. The van der Waals surface area contributed by atoms with E-state index in [-0.39, 0.29) is 5.91 Å². The number of carbonyl (C=O) groups is 1. The summed E-state index contributed by atoms with van der Waals surface area (Å²) in [6.07, 6.45) is 3.94. The largest absolute Gasteiger partial charge is 0.349 e. The fourth-order valence-electron chi connectivity index (χ4n) is 2.33. The molecule has 1 N–H and O–H groups in total. The molecule has 0 aliphatic heterocycles. The van der Waals surface area contributed by atoms with Crippen LogP contribution in [-0.2, 0) is 12.8 Å². The number of benzene rings is 1. The van der Waals surface area contributed by atoms with Gasteiger partial charge in [-0.1, -0.05) is 13.8 Å². The van der Waals surface area contributed by atoms with Crippen LogP contribution in [0.1, 0.15) is 48.4 Å². The molecule has 0 atom stereocenters. The number of fused-ring (bicyclic) bond motifs is 1. The molecule has 0 saturated heterocycles. The second kappa shape index (κ2) is 5.19. The molecule has 1 aromatic heterocycles. The van der Waals surface area contributed by atoms with E-state index in [0.29, 0.717) is 11.6 Å². The Morgan fingerprint density at radius 2 is 1.80 bits per heavy atom. The quantitative estimate of drug-likeness (QED) is 0.928. The monoisotopic (exact) mass is 269 g/mol. The molecular formula is C16H19N3O. The van der Waals surface area contributed by atoms with Crippen molar-refractivity contribution in [3.63, 3.8) is 0 Å². The van der Waals surface area contributed by atoms with Gasteiger partial charge in [0.05, 0.1) is 22.4 Å². The highest BCUT2D eigenvalue weighted by Gasteiger charge is 2.23. The highest BCUT2D eigenvalue weighted by atomic mass is 16.1. The number of hydrogen-bond donors (Lipinski definition) is 1. The molecule has 0 unspecified atom stereocenters. The second-order valence-electron chi connectivity index (χ2n) is 5.28. The van der Waals surface area contributed by atoms with Crippen molar-refractivity contribution in [3.05, 3.63) is 35.2 Å². The lowest BCUT2D eigenvalue weighted by molar-refractivity contribution is 0.0951. The topological polar surface area (TPSA) is 54.9 Å². The summed E-state index contributed by atoms with van der Waals surface area (Å²) in [7, 11) is 0. The van der Waals surface area contributed by atoms with Gasteiger partial charge in [0.2, 0.25) is 0 Å². The maximum Gasteiger partial charge on any atom is 0.251 e. The van der Waals surface area contributed by atoms with E-state index in [4.69, 9.17) is 0 Å². The number of aromatic nitrogens is 2. The normalized spacial score (nSPS) is 14.5. The summed E-state index contributed by atoms with van der Waals surface area (Å²) in [6.45, 7) is 4.17. The SMILES string of the molecule is CCc1nc2ccc(C(=O)NC3CC3)cc2nc1CC. The predicted octanol–water partition coefficient (Wildman–Crippen LogP) is 2.65. The number of carbonyl (C=O) groups excluding carboxylic acids is 1. The average molecular weight is 269 g/mol. The average Bonchev–Trinajstić information content (AvgIpc) is 3.28. The summed E-state index contributed by atoms with van der Waals surface area (Å²) in [6, 6.07) is 5.94. The number of aryl methyl sites for hydroxylation is 2. The molecule has 2 aromatic rings. The molecule has 3 rings (SSSR count). The van der Waals surface area contributed by atoms with Gasteiger partial charge in [0, 0.05) is 11.6 Å². The highest BCUT2D eigenvalue weighted by Crippen LogP contribution is 2.20. The van der Waals surface area contributed by atoms with Crippen LogP contribution in [0.3, 0.4) is 0 Å².